The molecular weight excluding hydrogens is 305 g/mol. The van der Waals surface area contributed by atoms with Gasteiger partial charge < -0.3 is 10.4 Å². The van der Waals surface area contributed by atoms with Crippen LogP contribution in [0, 0.1) is 0 Å². The quantitative estimate of drug-likeness (QED) is 0.818. The van der Waals surface area contributed by atoms with Crippen molar-refractivity contribution in [1.82, 2.24) is 5.32 Å². The molecule has 0 saturated carbocycles. The second-order valence-electron chi connectivity index (χ2n) is 3.71. The summed E-state index contributed by atoms with van der Waals surface area (Å²) in [5.41, 5.74) is 0.208. The second-order valence-corrected chi connectivity index (χ2v) is 5.44. The summed E-state index contributed by atoms with van der Waals surface area (Å²) in [6, 6.07) is 4.41. The van der Waals surface area contributed by atoms with Crippen LogP contribution in [0.25, 0.3) is 0 Å². The molecule has 0 bridgehead atoms. The van der Waals surface area contributed by atoms with Gasteiger partial charge >= 0.3 is 0 Å². The maximum Gasteiger partial charge on any atom is 0.255 e. The van der Waals surface area contributed by atoms with Crippen LogP contribution in [0.2, 0.25) is 5.02 Å². The smallest absolute Gasteiger partial charge is 0.255 e. The average Bonchev–Trinajstić information content (AvgIpc) is 2.31. The third kappa shape index (κ3) is 4.56. The van der Waals surface area contributed by atoms with Crippen LogP contribution < -0.4 is 5.32 Å². The minimum absolute atomic E-state index is 0.0576. The van der Waals surface area contributed by atoms with Crippen LogP contribution in [0.1, 0.15) is 30.1 Å². The largest absolute Gasteiger partial charge is 0.507 e. The number of phenols is 1. The molecule has 94 valence electrons. The van der Waals surface area contributed by atoms with Gasteiger partial charge in [-0.3, -0.25) is 4.79 Å². The standard InChI is InChI=1S/C12H15BrClNO2/c1-2-8(13)5-6-15-12(17)10-7-9(14)3-4-11(10)16/h3-4,7-8,16H,2,5-6H2,1H3,(H,15,17). The number of carbonyl (C=O) groups is 1. The van der Waals surface area contributed by atoms with Gasteiger partial charge in [0.1, 0.15) is 5.75 Å². The van der Waals surface area contributed by atoms with Gasteiger partial charge in [0, 0.05) is 16.4 Å². The zero-order valence-electron chi connectivity index (χ0n) is 9.54. The number of phenolic OH excluding ortho intramolecular Hbond substituents is 1. The van der Waals surface area contributed by atoms with Crippen LogP contribution in [0.3, 0.4) is 0 Å². The van der Waals surface area contributed by atoms with E-state index in [0.29, 0.717) is 16.4 Å². The van der Waals surface area contributed by atoms with Gasteiger partial charge in [-0.15, -0.1) is 0 Å². The van der Waals surface area contributed by atoms with Crippen LogP contribution in [-0.4, -0.2) is 22.4 Å². The van der Waals surface area contributed by atoms with Crippen molar-refractivity contribution >= 4 is 33.4 Å². The van der Waals surface area contributed by atoms with Gasteiger partial charge in [0.15, 0.2) is 0 Å². The second kappa shape index (κ2) is 6.87. The molecule has 0 aliphatic heterocycles. The Kier molecular flexibility index (Phi) is 5.78. The van der Waals surface area contributed by atoms with Crippen LogP contribution in [0.4, 0.5) is 0 Å². The molecule has 0 radical (unpaired) electrons. The predicted molar refractivity (Wildman–Crippen MR) is 73.1 cm³/mol. The summed E-state index contributed by atoms with van der Waals surface area (Å²) in [6.45, 7) is 2.64. The Bertz CT molecular complexity index is 398. The number of aromatic hydroxyl groups is 1. The molecule has 1 aromatic carbocycles. The highest BCUT2D eigenvalue weighted by Gasteiger charge is 2.11. The van der Waals surface area contributed by atoms with Gasteiger partial charge in [-0.25, -0.2) is 0 Å². The molecule has 1 rings (SSSR count). The third-order valence-corrected chi connectivity index (χ3v) is 3.73. The first-order chi connectivity index (χ1) is 8.04. The van der Waals surface area contributed by atoms with Crippen LogP contribution in [-0.2, 0) is 0 Å². The van der Waals surface area contributed by atoms with Crippen molar-refractivity contribution in [2.45, 2.75) is 24.6 Å². The minimum Gasteiger partial charge on any atom is -0.507 e. The number of carbonyl (C=O) groups excluding carboxylic acids is 1. The molecule has 0 aromatic heterocycles. The van der Waals surface area contributed by atoms with Gasteiger partial charge in [-0.2, -0.15) is 0 Å². The van der Waals surface area contributed by atoms with Crippen molar-refractivity contribution in [2.24, 2.45) is 0 Å². The normalized spacial score (nSPS) is 12.2. The number of benzene rings is 1. The van der Waals surface area contributed by atoms with Crippen molar-refractivity contribution in [3.8, 4) is 5.75 Å². The highest BCUT2D eigenvalue weighted by atomic mass is 79.9. The fourth-order valence-corrected chi connectivity index (χ4v) is 1.73. The van der Waals surface area contributed by atoms with Crippen molar-refractivity contribution in [2.75, 3.05) is 6.54 Å². The Balaban J connectivity index is 2.55. The van der Waals surface area contributed by atoms with E-state index in [0.717, 1.165) is 12.8 Å². The summed E-state index contributed by atoms with van der Waals surface area (Å²) in [4.78, 5) is 12.1. The van der Waals surface area contributed by atoms with E-state index in [4.69, 9.17) is 11.6 Å². The molecule has 1 aromatic rings. The van der Waals surface area contributed by atoms with E-state index in [2.05, 4.69) is 28.2 Å². The zero-order chi connectivity index (χ0) is 12.8. The van der Waals surface area contributed by atoms with Crippen molar-refractivity contribution in [3.63, 3.8) is 0 Å². The number of rotatable bonds is 5. The lowest BCUT2D eigenvalue weighted by Gasteiger charge is -2.09. The molecular formula is C12H15BrClNO2. The molecule has 1 amide bonds. The third-order valence-electron chi connectivity index (χ3n) is 2.39. The molecule has 0 saturated heterocycles. The molecule has 1 unspecified atom stereocenters. The van der Waals surface area contributed by atoms with E-state index in [1.165, 1.54) is 12.1 Å². The lowest BCUT2D eigenvalue weighted by molar-refractivity contribution is 0.0950. The first-order valence-electron chi connectivity index (χ1n) is 5.45. The number of halogens is 2. The molecule has 5 heteroatoms. The summed E-state index contributed by atoms with van der Waals surface area (Å²) in [7, 11) is 0. The fourth-order valence-electron chi connectivity index (χ4n) is 1.33. The summed E-state index contributed by atoms with van der Waals surface area (Å²) >= 11 is 9.26. The molecule has 0 heterocycles. The maximum atomic E-state index is 11.7. The van der Waals surface area contributed by atoms with Crippen molar-refractivity contribution in [1.29, 1.82) is 0 Å². The first kappa shape index (κ1) is 14.3. The predicted octanol–water partition coefficient (Wildman–Crippen LogP) is 3.34. The van der Waals surface area contributed by atoms with Crippen molar-refractivity contribution < 1.29 is 9.90 Å². The number of hydrogen-bond donors (Lipinski definition) is 2. The molecule has 3 nitrogen and oxygen atoms in total. The Morgan fingerprint density at radius 1 is 1.59 bits per heavy atom. The van der Waals surface area contributed by atoms with Crippen LogP contribution >= 0.6 is 27.5 Å². The van der Waals surface area contributed by atoms with E-state index in [1.54, 1.807) is 6.07 Å². The molecule has 1 atom stereocenters. The monoisotopic (exact) mass is 319 g/mol. The van der Waals surface area contributed by atoms with E-state index >= 15 is 0 Å². The molecule has 0 aliphatic carbocycles. The lowest BCUT2D eigenvalue weighted by Crippen LogP contribution is -2.26. The number of hydrogen-bond acceptors (Lipinski definition) is 2. The maximum absolute atomic E-state index is 11.7. The van der Waals surface area contributed by atoms with Gasteiger partial charge in [-0.1, -0.05) is 34.5 Å². The summed E-state index contributed by atoms with van der Waals surface area (Å²) in [5, 5.41) is 12.7. The van der Waals surface area contributed by atoms with Gasteiger partial charge in [-0.05, 0) is 31.0 Å². The average molecular weight is 321 g/mol. The van der Waals surface area contributed by atoms with Crippen LogP contribution in [0.15, 0.2) is 18.2 Å². The van der Waals surface area contributed by atoms with Gasteiger partial charge in [0.2, 0.25) is 0 Å². The van der Waals surface area contributed by atoms with E-state index in [-0.39, 0.29) is 17.2 Å². The topological polar surface area (TPSA) is 49.3 Å². The molecule has 0 spiro atoms. The fraction of sp³-hybridized carbons (Fsp3) is 0.417. The summed E-state index contributed by atoms with van der Waals surface area (Å²) < 4.78 is 0. The SMILES string of the molecule is CCC(Br)CCNC(=O)c1cc(Cl)ccc1O. The number of nitrogens with one attached hydrogen (secondary N) is 1. The molecule has 2 N–H and O–H groups in total. The first-order valence-corrected chi connectivity index (χ1v) is 6.74. The number of amides is 1. The summed E-state index contributed by atoms with van der Waals surface area (Å²) in [6.07, 6.45) is 1.86. The highest BCUT2D eigenvalue weighted by Crippen LogP contribution is 2.21. The molecule has 17 heavy (non-hydrogen) atoms. The summed E-state index contributed by atoms with van der Waals surface area (Å²) in [5.74, 6) is -0.362. The van der Waals surface area contributed by atoms with Crippen molar-refractivity contribution in [3.05, 3.63) is 28.8 Å². The lowest BCUT2D eigenvalue weighted by atomic mass is 10.2. The van der Waals surface area contributed by atoms with Gasteiger partial charge in [0.25, 0.3) is 5.91 Å². The highest BCUT2D eigenvalue weighted by molar-refractivity contribution is 9.09. The molecule has 0 aliphatic rings. The van der Waals surface area contributed by atoms with Gasteiger partial charge in [0.05, 0.1) is 5.56 Å². The Morgan fingerprint density at radius 3 is 2.94 bits per heavy atom. The zero-order valence-corrected chi connectivity index (χ0v) is 11.9. The van der Waals surface area contributed by atoms with E-state index < -0.39 is 0 Å². The Morgan fingerprint density at radius 2 is 2.29 bits per heavy atom. The van der Waals surface area contributed by atoms with Crippen LogP contribution in [0.5, 0.6) is 5.75 Å². The van der Waals surface area contributed by atoms with E-state index in [9.17, 15) is 9.90 Å². The Hall–Kier alpha value is -0.740. The van der Waals surface area contributed by atoms with E-state index in [1.807, 2.05) is 0 Å². The number of alkyl halides is 1. The Labute approximate surface area is 114 Å². The minimum atomic E-state index is -0.305. The molecule has 0 fully saturated rings.